The lowest BCUT2D eigenvalue weighted by atomic mass is 9.72. The van der Waals surface area contributed by atoms with Crippen molar-refractivity contribution in [3.05, 3.63) is 54.2 Å². The zero-order valence-electron chi connectivity index (χ0n) is 24.3. The van der Waals surface area contributed by atoms with Crippen LogP contribution >= 0.6 is 0 Å². The van der Waals surface area contributed by atoms with Gasteiger partial charge in [0.2, 0.25) is 11.8 Å². The number of nitrogens with zero attached hydrogens (tertiary/aromatic N) is 1. The van der Waals surface area contributed by atoms with Crippen LogP contribution in [0.1, 0.15) is 64.9 Å². The van der Waals surface area contributed by atoms with Crippen LogP contribution in [-0.2, 0) is 23.7 Å². The third-order valence-corrected chi connectivity index (χ3v) is 6.17. The summed E-state index contributed by atoms with van der Waals surface area (Å²) < 4.78 is 11.2. The Bertz CT molecular complexity index is 1230. The number of pyridine rings is 1. The molecule has 11 nitrogen and oxygen atoms in total. The van der Waals surface area contributed by atoms with Gasteiger partial charge in [-0.3, -0.25) is 19.2 Å². The van der Waals surface area contributed by atoms with Gasteiger partial charge in [-0.1, -0.05) is 50.2 Å². The van der Waals surface area contributed by atoms with Crippen LogP contribution in [0.5, 0.6) is 0 Å². The molecule has 3 amide bonds. The molecule has 41 heavy (non-hydrogen) atoms. The van der Waals surface area contributed by atoms with Crippen molar-refractivity contribution in [1.82, 2.24) is 20.9 Å². The van der Waals surface area contributed by atoms with E-state index in [1.54, 1.807) is 12.1 Å². The summed E-state index contributed by atoms with van der Waals surface area (Å²) in [6, 6.07) is 12.9. The van der Waals surface area contributed by atoms with Crippen molar-refractivity contribution in [2.75, 3.05) is 0 Å². The Morgan fingerprint density at radius 2 is 1.73 bits per heavy atom. The second kappa shape index (κ2) is 13.7. The van der Waals surface area contributed by atoms with Crippen molar-refractivity contribution in [3.8, 4) is 11.3 Å². The van der Waals surface area contributed by atoms with Crippen LogP contribution in [-0.4, -0.2) is 70.6 Å². The molecule has 220 valence electrons. The molecule has 0 radical (unpaired) electrons. The number of amides is 3. The van der Waals surface area contributed by atoms with Crippen LogP contribution < -0.4 is 16.0 Å². The Hall–Kier alpha value is -3.77. The number of carbonyl (C=O) groups excluding carboxylic acids is 4. The quantitative estimate of drug-likeness (QED) is 0.319. The Kier molecular flexibility index (Phi) is 10.6. The van der Waals surface area contributed by atoms with Crippen LogP contribution in [0.25, 0.3) is 11.3 Å². The van der Waals surface area contributed by atoms with E-state index in [2.05, 4.69) is 20.9 Å². The van der Waals surface area contributed by atoms with Gasteiger partial charge < -0.3 is 30.4 Å². The van der Waals surface area contributed by atoms with Crippen molar-refractivity contribution < 1.29 is 33.6 Å². The maximum Gasteiger partial charge on any atom is 0.551 e. The van der Waals surface area contributed by atoms with Crippen molar-refractivity contribution in [2.45, 2.75) is 84.1 Å². The van der Waals surface area contributed by atoms with Crippen LogP contribution in [0, 0.1) is 5.92 Å². The van der Waals surface area contributed by atoms with E-state index in [0.717, 1.165) is 5.56 Å². The van der Waals surface area contributed by atoms with Crippen LogP contribution in [0.15, 0.2) is 48.5 Å². The van der Waals surface area contributed by atoms with Crippen molar-refractivity contribution in [3.63, 3.8) is 0 Å². The fraction of sp³-hybridized carbons (Fsp3) is 0.483. The third-order valence-electron chi connectivity index (χ3n) is 6.17. The highest BCUT2D eigenvalue weighted by atomic mass is 16.6. The van der Waals surface area contributed by atoms with E-state index in [0.29, 0.717) is 12.1 Å². The van der Waals surface area contributed by atoms with E-state index < -0.39 is 60.5 Å². The number of nitrogens with one attached hydrogen (secondary N) is 3. The minimum Gasteiger partial charge on any atom is -0.508 e. The highest BCUT2D eigenvalue weighted by Crippen LogP contribution is 2.20. The molecule has 3 rings (SSSR count). The van der Waals surface area contributed by atoms with E-state index in [-0.39, 0.29) is 18.0 Å². The summed E-state index contributed by atoms with van der Waals surface area (Å²) in [7, 11) is -1.24. The molecule has 0 spiro atoms. The molecule has 0 bridgehead atoms. The first kappa shape index (κ1) is 31.8. The van der Waals surface area contributed by atoms with Gasteiger partial charge in [-0.25, -0.2) is 4.98 Å². The number of rotatable bonds is 10. The molecule has 1 saturated heterocycles. The predicted molar refractivity (Wildman–Crippen MR) is 153 cm³/mol. The Morgan fingerprint density at radius 3 is 2.34 bits per heavy atom. The molecule has 1 aliphatic rings. The van der Waals surface area contributed by atoms with E-state index in [1.807, 2.05) is 65.0 Å². The molecular weight excluding hydrogens is 527 g/mol. The fourth-order valence-corrected chi connectivity index (χ4v) is 4.32. The standard InChI is InChI=1S/C29H39BN4O7/c1-17(2)15-23(30-40-22(16-24(36)41-30)27(38)34-29(4,5)6)32-28(39)25(18(3)35)33-26(37)21-14-10-13-20(31-21)19-11-8-7-9-12-19/h7-14,17-18,22-23,25,35H,15-16H2,1-6H3,(H,32,39)(H,33,37)(H,34,38)/t18-,22-,23+,25?/m1/s1. The van der Waals surface area contributed by atoms with Crippen LogP contribution in [0.3, 0.4) is 0 Å². The molecule has 1 fully saturated rings. The summed E-state index contributed by atoms with van der Waals surface area (Å²) in [4.78, 5) is 56.0. The summed E-state index contributed by atoms with van der Waals surface area (Å²) in [5.74, 6) is -3.27. The topological polar surface area (TPSA) is 156 Å². The van der Waals surface area contributed by atoms with Gasteiger partial charge in [-0.15, -0.1) is 0 Å². The van der Waals surface area contributed by atoms with Crippen LogP contribution in [0.2, 0.25) is 0 Å². The number of benzene rings is 1. The number of aliphatic hydroxyl groups excluding tert-OH is 1. The lowest BCUT2D eigenvalue weighted by molar-refractivity contribution is -0.149. The molecule has 2 heterocycles. The van der Waals surface area contributed by atoms with Crippen LogP contribution in [0.4, 0.5) is 0 Å². The second-order valence-electron chi connectivity index (χ2n) is 11.6. The highest BCUT2D eigenvalue weighted by Gasteiger charge is 2.45. The first-order valence-electron chi connectivity index (χ1n) is 13.7. The molecule has 1 aromatic carbocycles. The molecule has 1 unspecified atom stereocenters. The maximum absolute atomic E-state index is 13.4. The molecule has 12 heteroatoms. The Morgan fingerprint density at radius 1 is 1.05 bits per heavy atom. The molecule has 4 atom stereocenters. The van der Waals surface area contributed by atoms with Gasteiger partial charge in [0.25, 0.3) is 11.9 Å². The molecule has 1 aliphatic heterocycles. The summed E-state index contributed by atoms with van der Waals surface area (Å²) in [5, 5.41) is 18.5. The summed E-state index contributed by atoms with van der Waals surface area (Å²) in [5.41, 5.74) is 0.927. The molecule has 2 aromatic rings. The first-order chi connectivity index (χ1) is 19.2. The number of hydrogen-bond donors (Lipinski definition) is 4. The average Bonchev–Trinajstić information content (AvgIpc) is 2.90. The van der Waals surface area contributed by atoms with Gasteiger partial charge in [-0.2, -0.15) is 0 Å². The third kappa shape index (κ3) is 9.39. The van der Waals surface area contributed by atoms with Gasteiger partial charge in [0, 0.05) is 11.1 Å². The van der Waals surface area contributed by atoms with Crippen molar-refractivity contribution >= 4 is 30.8 Å². The van der Waals surface area contributed by atoms with E-state index >= 15 is 0 Å². The summed E-state index contributed by atoms with van der Waals surface area (Å²) >= 11 is 0. The van der Waals surface area contributed by atoms with Gasteiger partial charge in [0.05, 0.1) is 24.2 Å². The molecule has 4 N–H and O–H groups in total. The van der Waals surface area contributed by atoms with Gasteiger partial charge in [0.15, 0.2) is 0 Å². The smallest absolute Gasteiger partial charge is 0.508 e. The molecule has 0 aliphatic carbocycles. The Labute approximate surface area is 240 Å². The monoisotopic (exact) mass is 566 g/mol. The van der Waals surface area contributed by atoms with E-state index in [9.17, 15) is 24.3 Å². The van der Waals surface area contributed by atoms with Crippen molar-refractivity contribution in [2.24, 2.45) is 5.92 Å². The zero-order chi connectivity index (χ0) is 30.3. The minimum atomic E-state index is -1.35. The van der Waals surface area contributed by atoms with Gasteiger partial charge >= 0.3 is 7.12 Å². The minimum absolute atomic E-state index is 0.0379. The lowest BCUT2D eigenvalue weighted by Gasteiger charge is -2.34. The normalized spacial score (nSPS) is 17.7. The molecule has 0 saturated carbocycles. The predicted octanol–water partition coefficient (Wildman–Crippen LogP) is 2.03. The Balaban J connectivity index is 1.75. The van der Waals surface area contributed by atoms with Crippen molar-refractivity contribution in [1.29, 1.82) is 0 Å². The second-order valence-corrected chi connectivity index (χ2v) is 11.6. The summed E-state index contributed by atoms with van der Waals surface area (Å²) in [6.45, 7) is 10.6. The largest absolute Gasteiger partial charge is 0.551 e. The average molecular weight is 566 g/mol. The zero-order valence-corrected chi connectivity index (χ0v) is 24.3. The van der Waals surface area contributed by atoms with E-state index in [4.69, 9.17) is 9.31 Å². The molecule has 1 aromatic heterocycles. The number of carbonyl (C=O) groups is 4. The van der Waals surface area contributed by atoms with Gasteiger partial charge in [-0.05, 0) is 52.2 Å². The highest BCUT2D eigenvalue weighted by molar-refractivity contribution is 6.50. The van der Waals surface area contributed by atoms with E-state index in [1.165, 1.54) is 13.0 Å². The maximum atomic E-state index is 13.4. The lowest BCUT2D eigenvalue weighted by Crippen LogP contribution is -2.61. The summed E-state index contributed by atoms with van der Waals surface area (Å²) in [6.07, 6.45) is -2.29. The van der Waals surface area contributed by atoms with Gasteiger partial charge in [0.1, 0.15) is 17.8 Å². The number of hydrogen-bond acceptors (Lipinski definition) is 8. The first-order valence-corrected chi connectivity index (χ1v) is 13.7. The molecular formula is C29H39BN4O7. The number of aliphatic hydroxyl groups is 1. The SMILES string of the molecule is CC(C)C[C@H](NC(=O)C(NC(=O)c1cccc(-c2ccccc2)n1)[C@@H](C)O)B1OC(=O)C[C@H](C(=O)NC(C)(C)C)O1. The fourth-order valence-electron chi connectivity index (χ4n) is 4.32. The number of aromatic nitrogens is 1.